The number of amides is 2. The molecular weight excluding hydrogens is 487 g/mol. The van der Waals surface area contributed by atoms with Crippen LogP contribution in [0.3, 0.4) is 0 Å². The second-order valence-electron chi connectivity index (χ2n) is 7.84. The number of carbonyl (C=O) groups is 2. The number of nitrogens with one attached hydrogen (secondary N) is 2. The van der Waals surface area contributed by atoms with Crippen LogP contribution < -0.4 is 10.1 Å². The van der Waals surface area contributed by atoms with Crippen LogP contribution in [0.2, 0.25) is 0 Å². The highest BCUT2D eigenvalue weighted by Crippen LogP contribution is 2.43. The molecule has 2 amide bonds. The van der Waals surface area contributed by atoms with Crippen LogP contribution in [0.25, 0.3) is 11.3 Å². The third-order valence-electron chi connectivity index (χ3n) is 6.33. The number of fused-ring (bicyclic) bond motifs is 3. The zero-order valence-corrected chi connectivity index (χ0v) is 17.8. The maximum Gasteiger partial charge on any atom is 0.407 e. The molecule has 1 saturated heterocycles. The molecule has 2 aliphatic heterocycles. The SMILES string of the molecule is O=C1NCCc2[nH]c(-c3ccncc3OC[C@H]3[C@@H]4CC[C@@H](C4)N3C(=O)O)c(I)c21. The quantitative estimate of drug-likeness (QED) is 0.551. The summed E-state index contributed by atoms with van der Waals surface area (Å²) >= 11 is 2.19. The number of halogens is 1. The molecule has 3 atom stereocenters. The van der Waals surface area contributed by atoms with Crippen LogP contribution in [-0.4, -0.2) is 57.2 Å². The highest BCUT2D eigenvalue weighted by molar-refractivity contribution is 14.1. The Hall–Kier alpha value is -2.30. The van der Waals surface area contributed by atoms with Gasteiger partial charge in [-0.3, -0.25) is 14.7 Å². The van der Waals surface area contributed by atoms with Crippen LogP contribution in [0, 0.1) is 9.49 Å². The summed E-state index contributed by atoms with van der Waals surface area (Å²) in [6.45, 7) is 0.931. The Balaban J connectivity index is 1.43. The number of aromatic amines is 1. The molecule has 3 aliphatic rings. The molecule has 4 heterocycles. The fourth-order valence-electron chi connectivity index (χ4n) is 5.01. The molecule has 0 unspecified atom stereocenters. The first kappa shape index (κ1) is 18.7. The summed E-state index contributed by atoms with van der Waals surface area (Å²) in [7, 11) is 0. The predicted molar refractivity (Wildman–Crippen MR) is 113 cm³/mol. The fourth-order valence-corrected chi connectivity index (χ4v) is 6.00. The number of carbonyl (C=O) groups excluding carboxylic acids is 1. The van der Waals surface area contributed by atoms with E-state index in [1.807, 2.05) is 6.07 Å². The van der Waals surface area contributed by atoms with Crippen molar-refractivity contribution in [2.45, 2.75) is 37.8 Å². The Morgan fingerprint density at radius 2 is 2.28 bits per heavy atom. The minimum Gasteiger partial charge on any atom is -0.489 e. The van der Waals surface area contributed by atoms with E-state index in [1.54, 1.807) is 17.3 Å². The van der Waals surface area contributed by atoms with E-state index in [-0.39, 0.29) is 18.0 Å². The molecule has 0 radical (unpaired) electrons. The lowest BCUT2D eigenvalue weighted by Gasteiger charge is -2.32. The lowest BCUT2D eigenvalue weighted by Crippen LogP contribution is -2.47. The Bertz CT molecular complexity index is 991. The van der Waals surface area contributed by atoms with Crippen molar-refractivity contribution in [3.8, 4) is 17.0 Å². The zero-order valence-electron chi connectivity index (χ0n) is 15.7. The Morgan fingerprint density at radius 3 is 3.07 bits per heavy atom. The van der Waals surface area contributed by atoms with Gasteiger partial charge in [0.25, 0.3) is 5.91 Å². The van der Waals surface area contributed by atoms with Crippen molar-refractivity contribution in [1.82, 2.24) is 20.2 Å². The Labute approximate surface area is 181 Å². The molecule has 2 bridgehead atoms. The van der Waals surface area contributed by atoms with E-state index in [2.05, 4.69) is 37.9 Å². The Kier molecular flexibility index (Phi) is 4.64. The number of piperidine rings is 1. The topological polar surface area (TPSA) is 108 Å². The second kappa shape index (κ2) is 7.19. The first-order valence-electron chi connectivity index (χ1n) is 9.81. The van der Waals surface area contributed by atoms with Gasteiger partial charge in [0, 0.05) is 36.5 Å². The van der Waals surface area contributed by atoms with Crippen molar-refractivity contribution in [2.24, 2.45) is 5.92 Å². The minimum absolute atomic E-state index is 0.0613. The molecule has 152 valence electrons. The van der Waals surface area contributed by atoms with Crippen molar-refractivity contribution in [3.63, 3.8) is 0 Å². The third kappa shape index (κ3) is 3.06. The number of hydrogen-bond donors (Lipinski definition) is 3. The van der Waals surface area contributed by atoms with E-state index in [0.717, 1.165) is 46.2 Å². The number of aromatic nitrogens is 2. The average Bonchev–Trinajstić information content (AvgIpc) is 3.40. The van der Waals surface area contributed by atoms with E-state index in [1.165, 1.54) is 0 Å². The predicted octanol–water partition coefficient (Wildman–Crippen LogP) is 2.88. The van der Waals surface area contributed by atoms with Crippen molar-refractivity contribution < 1.29 is 19.4 Å². The molecule has 5 rings (SSSR count). The summed E-state index contributed by atoms with van der Waals surface area (Å²) in [5.74, 6) is 0.893. The summed E-state index contributed by atoms with van der Waals surface area (Å²) in [4.78, 5) is 33.1. The standard InChI is InChI=1S/C20H21IN4O4/c21-17-16-13(4-6-23-19(16)26)24-18(17)12-3-5-22-8-15(12)29-9-14-10-1-2-11(7-10)25(14)20(27)28/h3,5,8,10-11,14,24H,1-2,4,6-7,9H2,(H,23,26)(H,27,28)/t10-,11+,14+/m1/s1. The average molecular weight is 508 g/mol. The van der Waals surface area contributed by atoms with Crippen LogP contribution in [0.15, 0.2) is 18.5 Å². The molecule has 2 aromatic heterocycles. The zero-order chi connectivity index (χ0) is 20.1. The van der Waals surface area contributed by atoms with Crippen LogP contribution in [-0.2, 0) is 6.42 Å². The Morgan fingerprint density at radius 1 is 1.41 bits per heavy atom. The second-order valence-corrected chi connectivity index (χ2v) is 8.92. The lowest BCUT2D eigenvalue weighted by molar-refractivity contribution is 0.0795. The highest BCUT2D eigenvalue weighted by atomic mass is 127. The molecular formula is C20H21IN4O4. The van der Waals surface area contributed by atoms with Crippen LogP contribution in [0.4, 0.5) is 4.79 Å². The van der Waals surface area contributed by atoms with Gasteiger partial charge in [-0.15, -0.1) is 0 Å². The van der Waals surface area contributed by atoms with Crippen molar-refractivity contribution >= 4 is 34.6 Å². The number of ether oxygens (including phenoxy) is 1. The smallest absolute Gasteiger partial charge is 0.407 e. The van der Waals surface area contributed by atoms with E-state index in [4.69, 9.17) is 4.74 Å². The van der Waals surface area contributed by atoms with Crippen molar-refractivity contribution in [1.29, 1.82) is 0 Å². The summed E-state index contributed by atoms with van der Waals surface area (Å²) in [6.07, 6.45) is 6.17. The molecule has 0 aromatic carbocycles. The number of carboxylic acid groups (broad SMARTS) is 1. The van der Waals surface area contributed by atoms with Crippen LogP contribution >= 0.6 is 22.6 Å². The molecule has 29 heavy (non-hydrogen) atoms. The maximum absolute atomic E-state index is 12.3. The van der Waals surface area contributed by atoms with Gasteiger partial charge in [0.05, 0.1) is 27.1 Å². The number of pyridine rings is 1. The number of H-pyrrole nitrogens is 1. The van der Waals surface area contributed by atoms with Gasteiger partial charge >= 0.3 is 6.09 Å². The van der Waals surface area contributed by atoms with Crippen LogP contribution in [0.5, 0.6) is 5.75 Å². The molecule has 2 fully saturated rings. The summed E-state index contributed by atoms with van der Waals surface area (Å²) < 4.78 is 6.99. The van der Waals surface area contributed by atoms with Gasteiger partial charge < -0.3 is 20.1 Å². The van der Waals surface area contributed by atoms with Crippen molar-refractivity contribution in [3.05, 3.63) is 33.3 Å². The van der Waals surface area contributed by atoms with Gasteiger partial charge in [0.2, 0.25) is 0 Å². The van der Waals surface area contributed by atoms with E-state index in [0.29, 0.717) is 30.4 Å². The largest absolute Gasteiger partial charge is 0.489 e. The van der Waals surface area contributed by atoms with E-state index in [9.17, 15) is 14.7 Å². The number of nitrogens with zero attached hydrogens (tertiary/aromatic N) is 2. The van der Waals surface area contributed by atoms with E-state index < -0.39 is 6.09 Å². The first-order chi connectivity index (χ1) is 14.0. The van der Waals surface area contributed by atoms with Crippen LogP contribution in [0.1, 0.15) is 35.3 Å². The third-order valence-corrected chi connectivity index (χ3v) is 7.41. The normalized spacial score (nSPS) is 25.1. The summed E-state index contributed by atoms with van der Waals surface area (Å²) in [5.41, 5.74) is 3.30. The van der Waals surface area contributed by atoms with Gasteiger partial charge in [0.15, 0.2) is 0 Å². The minimum atomic E-state index is -0.866. The first-order valence-corrected chi connectivity index (χ1v) is 10.9. The molecule has 3 N–H and O–H groups in total. The van der Waals surface area contributed by atoms with Crippen molar-refractivity contribution in [2.75, 3.05) is 13.2 Å². The molecule has 9 heteroatoms. The lowest BCUT2D eigenvalue weighted by atomic mass is 10.00. The van der Waals surface area contributed by atoms with Gasteiger partial charge in [-0.2, -0.15) is 0 Å². The summed E-state index contributed by atoms with van der Waals surface area (Å²) in [5, 5.41) is 12.5. The fraction of sp³-hybridized carbons (Fsp3) is 0.450. The summed E-state index contributed by atoms with van der Waals surface area (Å²) in [6, 6.07) is 1.86. The molecule has 1 aliphatic carbocycles. The van der Waals surface area contributed by atoms with Gasteiger partial charge in [-0.05, 0) is 53.8 Å². The van der Waals surface area contributed by atoms with E-state index >= 15 is 0 Å². The maximum atomic E-state index is 12.3. The number of rotatable bonds is 4. The monoisotopic (exact) mass is 508 g/mol. The van der Waals surface area contributed by atoms with Gasteiger partial charge in [-0.25, -0.2) is 4.79 Å². The van der Waals surface area contributed by atoms with Gasteiger partial charge in [-0.1, -0.05) is 0 Å². The van der Waals surface area contributed by atoms with Gasteiger partial charge in [0.1, 0.15) is 12.4 Å². The molecule has 1 saturated carbocycles. The molecule has 2 aromatic rings. The molecule has 8 nitrogen and oxygen atoms in total. The highest BCUT2D eigenvalue weighted by Gasteiger charge is 2.48. The number of hydrogen-bond acceptors (Lipinski definition) is 4. The molecule has 0 spiro atoms. The number of likely N-dealkylation sites (tertiary alicyclic amines) is 1.